The Morgan fingerprint density at radius 3 is 2.38 bits per heavy atom. The molecule has 1 atom stereocenters. The van der Waals surface area contributed by atoms with Crippen molar-refractivity contribution in [2.75, 3.05) is 0 Å². The first kappa shape index (κ1) is 13.1. The molecule has 16 heavy (non-hydrogen) atoms. The summed E-state index contributed by atoms with van der Waals surface area (Å²) in [6.07, 6.45) is 0.649. The molecule has 1 aromatic carbocycles. The van der Waals surface area contributed by atoms with Crippen LogP contribution in [0.5, 0.6) is 0 Å². The third kappa shape index (κ3) is 3.89. The van der Waals surface area contributed by atoms with Crippen molar-refractivity contribution in [1.29, 1.82) is 0 Å². The van der Waals surface area contributed by atoms with Crippen molar-refractivity contribution in [2.24, 2.45) is 0 Å². The molecule has 0 spiro atoms. The molecule has 0 amide bonds. The van der Waals surface area contributed by atoms with Gasteiger partial charge in [-0.1, -0.05) is 43.7 Å². The van der Waals surface area contributed by atoms with Gasteiger partial charge in [-0.25, -0.2) is 8.78 Å². The number of halogens is 2. The first-order valence-corrected chi connectivity index (χ1v) is 5.67. The fourth-order valence-electron chi connectivity index (χ4n) is 1.65. The zero-order valence-corrected chi connectivity index (χ0v) is 9.50. The van der Waals surface area contributed by atoms with Crippen LogP contribution in [0, 0.1) is 0 Å². The van der Waals surface area contributed by atoms with Gasteiger partial charge in [0.05, 0.1) is 6.10 Å². The van der Waals surface area contributed by atoms with Crippen LogP contribution in [-0.2, 0) is 5.92 Å². The van der Waals surface area contributed by atoms with E-state index in [0.717, 1.165) is 6.42 Å². The summed E-state index contributed by atoms with van der Waals surface area (Å²) in [4.78, 5) is 0. The van der Waals surface area contributed by atoms with Crippen LogP contribution < -0.4 is 0 Å². The number of hydrogen-bond donors (Lipinski definition) is 1. The second kappa shape index (κ2) is 5.94. The molecule has 0 saturated heterocycles. The molecule has 1 unspecified atom stereocenters. The fraction of sp³-hybridized carbons (Fsp3) is 0.538. The molecule has 0 aliphatic heterocycles. The maximum absolute atomic E-state index is 13.6. The molecule has 1 nitrogen and oxygen atoms in total. The quantitative estimate of drug-likeness (QED) is 0.786. The number of aliphatic hydroxyl groups is 1. The van der Waals surface area contributed by atoms with Gasteiger partial charge >= 0.3 is 0 Å². The highest BCUT2D eigenvalue weighted by Gasteiger charge is 2.31. The molecule has 1 N–H and O–H groups in total. The smallest absolute Gasteiger partial charge is 0.273 e. The van der Waals surface area contributed by atoms with Gasteiger partial charge in [0.2, 0.25) is 0 Å². The molecule has 0 saturated carbocycles. The third-order valence-electron chi connectivity index (χ3n) is 2.61. The highest BCUT2D eigenvalue weighted by molar-refractivity contribution is 5.19. The molecule has 0 bridgehead atoms. The molecule has 0 radical (unpaired) electrons. The van der Waals surface area contributed by atoms with E-state index >= 15 is 0 Å². The standard InChI is InChI=1S/C13H18F2O/c1-2-6-12(16)9-10-13(14,15)11-7-4-3-5-8-11/h3-5,7-8,12,16H,2,6,9-10H2,1H3. The maximum Gasteiger partial charge on any atom is 0.273 e. The Morgan fingerprint density at radius 1 is 1.19 bits per heavy atom. The molecular formula is C13H18F2O. The summed E-state index contributed by atoms with van der Waals surface area (Å²) in [5, 5.41) is 9.43. The summed E-state index contributed by atoms with van der Waals surface area (Å²) in [7, 11) is 0. The zero-order chi connectivity index (χ0) is 12.0. The molecule has 0 fully saturated rings. The summed E-state index contributed by atoms with van der Waals surface area (Å²) >= 11 is 0. The van der Waals surface area contributed by atoms with Gasteiger partial charge in [-0.05, 0) is 12.8 Å². The lowest BCUT2D eigenvalue weighted by atomic mass is 10.0. The normalized spacial score (nSPS) is 13.8. The van der Waals surface area contributed by atoms with E-state index in [1.807, 2.05) is 6.92 Å². The predicted octanol–water partition coefficient (Wildman–Crippen LogP) is 3.72. The van der Waals surface area contributed by atoms with Gasteiger partial charge < -0.3 is 5.11 Å². The highest BCUT2D eigenvalue weighted by atomic mass is 19.3. The first-order valence-electron chi connectivity index (χ1n) is 5.67. The van der Waals surface area contributed by atoms with Crippen molar-refractivity contribution >= 4 is 0 Å². The Balaban J connectivity index is 2.52. The highest BCUT2D eigenvalue weighted by Crippen LogP contribution is 2.33. The van der Waals surface area contributed by atoms with Gasteiger partial charge in [0, 0.05) is 12.0 Å². The molecule has 0 aliphatic carbocycles. The minimum atomic E-state index is -2.84. The number of hydrogen-bond acceptors (Lipinski definition) is 1. The van der Waals surface area contributed by atoms with Gasteiger partial charge in [0.15, 0.2) is 0 Å². The van der Waals surface area contributed by atoms with Gasteiger partial charge in [-0.15, -0.1) is 0 Å². The van der Waals surface area contributed by atoms with Crippen LogP contribution in [-0.4, -0.2) is 11.2 Å². The Hall–Kier alpha value is -0.960. The molecule has 0 aromatic heterocycles. The zero-order valence-electron chi connectivity index (χ0n) is 9.50. The largest absolute Gasteiger partial charge is 0.393 e. The van der Waals surface area contributed by atoms with E-state index in [1.165, 1.54) is 12.1 Å². The van der Waals surface area contributed by atoms with Gasteiger partial charge in [0.1, 0.15) is 0 Å². The average molecular weight is 228 g/mol. The number of aliphatic hydroxyl groups excluding tert-OH is 1. The van der Waals surface area contributed by atoms with E-state index in [-0.39, 0.29) is 18.4 Å². The molecular weight excluding hydrogens is 210 g/mol. The van der Waals surface area contributed by atoms with Gasteiger partial charge in [-0.2, -0.15) is 0 Å². The van der Waals surface area contributed by atoms with Crippen molar-refractivity contribution in [3.8, 4) is 0 Å². The van der Waals surface area contributed by atoms with Gasteiger partial charge in [-0.3, -0.25) is 0 Å². The van der Waals surface area contributed by atoms with E-state index in [2.05, 4.69) is 0 Å². The Labute approximate surface area is 95.1 Å². The molecule has 0 aliphatic rings. The van der Waals surface area contributed by atoms with Crippen molar-refractivity contribution in [3.05, 3.63) is 35.9 Å². The van der Waals surface area contributed by atoms with E-state index in [9.17, 15) is 13.9 Å². The minimum absolute atomic E-state index is 0.0266. The van der Waals surface area contributed by atoms with Crippen molar-refractivity contribution in [2.45, 2.75) is 44.6 Å². The second-order valence-electron chi connectivity index (χ2n) is 4.05. The first-order chi connectivity index (χ1) is 7.56. The SMILES string of the molecule is CCCC(O)CCC(F)(F)c1ccccc1. The van der Waals surface area contributed by atoms with Crippen molar-refractivity contribution in [1.82, 2.24) is 0 Å². The topological polar surface area (TPSA) is 20.2 Å². The third-order valence-corrected chi connectivity index (χ3v) is 2.61. The number of benzene rings is 1. The fourth-order valence-corrected chi connectivity index (χ4v) is 1.65. The summed E-state index contributed by atoms with van der Waals surface area (Å²) < 4.78 is 27.3. The van der Waals surface area contributed by atoms with Crippen molar-refractivity contribution < 1.29 is 13.9 Å². The summed E-state index contributed by atoms with van der Waals surface area (Å²) in [6, 6.07) is 7.77. The van der Waals surface area contributed by atoms with Crippen LogP contribution in [0.2, 0.25) is 0 Å². The van der Waals surface area contributed by atoms with E-state index in [4.69, 9.17) is 0 Å². The maximum atomic E-state index is 13.6. The monoisotopic (exact) mass is 228 g/mol. The van der Waals surface area contributed by atoms with Crippen LogP contribution in [0.4, 0.5) is 8.78 Å². The Morgan fingerprint density at radius 2 is 1.81 bits per heavy atom. The lowest BCUT2D eigenvalue weighted by Gasteiger charge is -2.18. The van der Waals surface area contributed by atoms with E-state index in [0.29, 0.717) is 6.42 Å². The van der Waals surface area contributed by atoms with Crippen LogP contribution in [0.15, 0.2) is 30.3 Å². The molecule has 3 heteroatoms. The summed E-state index contributed by atoms with van der Waals surface area (Å²) in [5.74, 6) is -2.84. The lowest BCUT2D eigenvalue weighted by molar-refractivity contribution is -0.0268. The van der Waals surface area contributed by atoms with Crippen LogP contribution in [0.1, 0.15) is 38.2 Å². The minimum Gasteiger partial charge on any atom is -0.393 e. The Bertz CT molecular complexity index is 298. The van der Waals surface area contributed by atoms with E-state index in [1.54, 1.807) is 18.2 Å². The average Bonchev–Trinajstić information content (AvgIpc) is 2.28. The number of alkyl halides is 2. The molecule has 90 valence electrons. The van der Waals surface area contributed by atoms with Gasteiger partial charge in [0.25, 0.3) is 5.92 Å². The second-order valence-corrected chi connectivity index (χ2v) is 4.05. The van der Waals surface area contributed by atoms with Crippen LogP contribution in [0.3, 0.4) is 0 Å². The predicted molar refractivity (Wildman–Crippen MR) is 60.5 cm³/mol. The van der Waals surface area contributed by atoms with Crippen LogP contribution >= 0.6 is 0 Å². The Kier molecular flexibility index (Phi) is 4.87. The number of rotatable bonds is 6. The van der Waals surface area contributed by atoms with E-state index < -0.39 is 12.0 Å². The summed E-state index contributed by atoms with van der Waals surface area (Å²) in [6.45, 7) is 1.93. The summed E-state index contributed by atoms with van der Waals surface area (Å²) in [5.41, 5.74) is 0.0266. The lowest BCUT2D eigenvalue weighted by Crippen LogP contribution is -2.17. The molecule has 0 heterocycles. The molecule has 1 rings (SSSR count). The van der Waals surface area contributed by atoms with Crippen LogP contribution in [0.25, 0.3) is 0 Å². The van der Waals surface area contributed by atoms with Crippen molar-refractivity contribution in [3.63, 3.8) is 0 Å². The molecule has 1 aromatic rings.